The van der Waals surface area contributed by atoms with Gasteiger partial charge in [-0.2, -0.15) is 0 Å². The van der Waals surface area contributed by atoms with E-state index in [-0.39, 0.29) is 0 Å². The van der Waals surface area contributed by atoms with Crippen molar-refractivity contribution in [1.82, 2.24) is 0 Å². The maximum absolute atomic E-state index is 3.50. The molecule has 0 N–H and O–H groups in total. The molecule has 0 amide bonds. The van der Waals surface area contributed by atoms with Gasteiger partial charge in [-0.25, -0.2) is 0 Å². The number of nitrogens with zero attached hydrogens (tertiary/aromatic N) is 1. The fourth-order valence-corrected chi connectivity index (χ4v) is 4.21. The predicted molar refractivity (Wildman–Crippen MR) is 142 cm³/mol. The van der Waals surface area contributed by atoms with Gasteiger partial charge in [0, 0.05) is 21.5 Å². The molecular formula is C30H22BrN. The van der Waals surface area contributed by atoms with Crippen LogP contribution in [-0.2, 0) is 0 Å². The van der Waals surface area contributed by atoms with Crippen LogP contribution in [-0.4, -0.2) is 0 Å². The lowest BCUT2D eigenvalue weighted by Crippen LogP contribution is -2.09. The van der Waals surface area contributed by atoms with Gasteiger partial charge < -0.3 is 4.90 Å². The fraction of sp³-hybridized carbons (Fsp3) is 0. The van der Waals surface area contributed by atoms with Crippen molar-refractivity contribution < 1.29 is 0 Å². The number of para-hydroxylation sites is 2. The van der Waals surface area contributed by atoms with E-state index in [1.165, 1.54) is 21.9 Å². The van der Waals surface area contributed by atoms with Gasteiger partial charge in [-0.1, -0.05) is 101 Å². The number of hydrogen-bond acceptors (Lipinski definition) is 1. The third-order valence-electron chi connectivity index (χ3n) is 5.51. The van der Waals surface area contributed by atoms with E-state index in [2.05, 4.69) is 154 Å². The van der Waals surface area contributed by atoms with Crippen molar-refractivity contribution in [2.75, 3.05) is 4.90 Å². The normalized spacial score (nSPS) is 11.2. The van der Waals surface area contributed by atoms with Gasteiger partial charge in [0.2, 0.25) is 0 Å². The smallest absolute Gasteiger partial charge is 0.0468 e. The number of rotatable bonds is 5. The lowest BCUT2D eigenvalue weighted by atomic mass is 10.0. The predicted octanol–water partition coefficient (Wildman–Crippen LogP) is 9.24. The summed E-state index contributed by atoms with van der Waals surface area (Å²) < 4.78 is 1.09. The van der Waals surface area contributed by atoms with Gasteiger partial charge >= 0.3 is 0 Å². The highest BCUT2D eigenvalue weighted by atomic mass is 79.9. The molecule has 1 nitrogen and oxygen atoms in total. The fourth-order valence-electron chi connectivity index (χ4n) is 3.94. The average molecular weight is 476 g/mol. The van der Waals surface area contributed by atoms with E-state index < -0.39 is 0 Å². The number of anilines is 3. The SMILES string of the molecule is Brc1ccc(/C=C/c2cccc3cc(N(c4ccccc4)c4ccccc4)ccc23)cc1. The Balaban J connectivity index is 1.56. The van der Waals surface area contributed by atoms with Gasteiger partial charge in [-0.05, 0) is 70.4 Å². The first-order chi connectivity index (χ1) is 15.8. The Morgan fingerprint density at radius 3 is 1.84 bits per heavy atom. The molecule has 2 heteroatoms. The van der Waals surface area contributed by atoms with Crippen molar-refractivity contribution in [2.45, 2.75) is 0 Å². The van der Waals surface area contributed by atoms with Crippen molar-refractivity contribution in [2.24, 2.45) is 0 Å². The van der Waals surface area contributed by atoms with Crippen LogP contribution in [0.1, 0.15) is 11.1 Å². The minimum absolute atomic E-state index is 1.09. The Kier molecular flexibility index (Phi) is 5.87. The summed E-state index contributed by atoms with van der Waals surface area (Å²) in [5.41, 5.74) is 5.82. The van der Waals surface area contributed by atoms with Gasteiger partial charge in [-0.3, -0.25) is 0 Å². The van der Waals surface area contributed by atoms with Crippen LogP contribution in [0.2, 0.25) is 0 Å². The zero-order valence-corrected chi connectivity index (χ0v) is 19.1. The molecule has 154 valence electrons. The second-order valence-electron chi connectivity index (χ2n) is 7.64. The van der Waals surface area contributed by atoms with E-state index >= 15 is 0 Å². The van der Waals surface area contributed by atoms with Gasteiger partial charge in [0.05, 0.1) is 0 Å². The van der Waals surface area contributed by atoms with Crippen molar-refractivity contribution in [3.8, 4) is 0 Å². The summed E-state index contributed by atoms with van der Waals surface area (Å²) in [5.74, 6) is 0. The average Bonchev–Trinajstić information content (AvgIpc) is 2.85. The summed E-state index contributed by atoms with van der Waals surface area (Å²) in [6.45, 7) is 0. The van der Waals surface area contributed by atoms with Crippen molar-refractivity contribution in [1.29, 1.82) is 0 Å². The maximum Gasteiger partial charge on any atom is 0.0468 e. The van der Waals surface area contributed by atoms with E-state index in [1.807, 2.05) is 0 Å². The quantitative estimate of drug-likeness (QED) is 0.229. The Labute approximate surface area is 197 Å². The summed E-state index contributed by atoms with van der Waals surface area (Å²) in [5, 5.41) is 2.46. The molecule has 0 fully saturated rings. The molecule has 0 saturated carbocycles. The Bertz CT molecular complexity index is 1320. The first kappa shape index (κ1) is 20.3. The molecule has 32 heavy (non-hydrogen) atoms. The summed E-state index contributed by atoms with van der Waals surface area (Å²) in [7, 11) is 0. The van der Waals surface area contributed by atoms with Gasteiger partial charge in [0.25, 0.3) is 0 Å². The highest BCUT2D eigenvalue weighted by Crippen LogP contribution is 2.36. The van der Waals surface area contributed by atoms with Crippen LogP contribution in [0.3, 0.4) is 0 Å². The molecule has 0 unspecified atom stereocenters. The zero-order valence-electron chi connectivity index (χ0n) is 17.5. The molecule has 0 aliphatic carbocycles. The first-order valence-electron chi connectivity index (χ1n) is 10.6. The van der Waals surface area contributed by atoms with Crippen LogP contribution >= 0.6 is 15.9 Å². The van der Waals surface area contributed by atoms with Crippen LogP contribution in [0.25, 0.3) is 22.9 Å². The van der Waals surface area contributed by atoms with Crippen LogP contribution in [0, 0.1) is 0 Å². The molecule has 0 spiro atoms. The highest BCUT2D eigenvalue weighted by Gasteiger charge is 2.12. The molecule has 0 aliphatic rings. The van der Waals surface area contributed by atoms with E-state index in [9.17, 15) is 0 Å². The monoisotopic (exact) mass is 475 g/mol. The topological polar surface area (TPSA) is 3.24 Å². The van der Waals surface area contributed by atoms with Gasteiger partial charge in [0.1, 0.15) is 0 Å². The van der Waals surface area contributed by atoms with Gasteiger partial charge in [0.15, 0.2) is 0 Å². The third-order valence-corrected chi connectivity index (χ3v) is 6.04. The Hall–Kier alpha value is -3.62. The largest absolute Gasteiger partial charge is 0.310 e. The van der Waals surface area contributed by atoms with E-state index in [0.29, 0.717) is 0 Å². The van der Waals surface area contributed by atoms with Crippen LogP contribution in [0.15, 0.2) is 126 Å². The van der Waals surface area contributed by atoms with E-state index in [4.69, 9.17) is 0 Å². The second kappa shape index (κ2) is 9.25. The minimum atomic E-state index is 1.09. The number of fused-ring (bicyclic) bond motifs is 1. The molecule has 0 saturated heterocycles. The van der Waals surface area contributed by atoms with Crippen molar-refractivity contribution >= 4 is 55.9 Å². The molecular weight excluding hydrogens is 454 g/mol. The van der Waals surface area contributed by atoms with Crippen molar-refractivity contribution in [3.05, 3.63) is 137 Å². The Morgan fingerprint density at radius 1 is 0.531 bits per heavy atom. The molecule has 0 aromatic heterocycles. The molecule has 5 aromatic rings. The molecule has 5 aromatic carbocycles. The molecule has 5 rings (SSSR count). The summed E-state index contributed by atoms with van der Waals surface area (Å²) >= 11 is 3.50. The standard InChI is InChI=1S/C30H22BrN/c31-26-18-15-23(16-19-26)14-17-24-8-7-9-25-22-29(20-21-30(24)25)32(27-10-3-1-4-11-27)28-12-5-2-6-13-28/h1-22H/b17-14+. The molecule has 0 bridgehead atoms. The molecule has 0 radical (unpaired) electrons. The summed E-state index contributed by atoms with van der Waals surface area (Å²) in [4.78, 5) is 2.30. The molecule has 0 heterocycles. The van der Waals surface area contributed by atoms with Crippen LogP contribution < -0.4 is 4.90 Å². The molecule has 0 atom stereocenters. The Morgan fingerprint density at radius 2 is 1.19 bits per heavy atom. The molecule has 0 aliphatic heterocycles. The number of hydrogen-bond donors (Lipinski definition) is 0. The van der Waals surface area contributed by atoms with E-state index in [1.54, 1.807) is 0 Å². The number of benzene rings is 5. The van der Waals surface area contributed by atoms with Crippen LogP contribution in [0.4, 0.5) is 17.1 Å². The van der Waals surface area contributed by atoms with E-state index in [0.717, 1.165) is 21.5 Å². The van der Waals surface area contributed by atoms with Crippen LogP contribution in [0.5, 0.6) is 0 Å². The first-order valence-corrected chi connectivity index (χ1v) is 11.4. The third kappa shape index (κ3) is 4.37. The lowest BCUT2D eigenvalue weighted by Gasteiger charge is -2.25. The van der Waals surface area contributed by atoms with Crippen molar-refractivity contribution in [3.63, 3.8) is 0 Å². The maximum atomic E-state index is 3.50. The zero-order chi connectivity index (χ0) is 21.8. The summed E-state index contributed by atoms with van der Waals surface area (Å²) in [6, 6.07) is 42.6. The lowest BCUT2D eigenvalue weighted by molar-refractivity contribution is 1.29. The second-order valence-corrected chi connectivity index (χ2v) is 8.56. The number of halogens is 1. The highest BCUT2D eigenvalue weighted by molar-refractivity contribution is 9.10. The minimum Gasteiger partial charge on any atom is -0.310 e. The summed E-state index contributed by atoms with van der Waals surface area (Å²) in [6.07, 6.45) is 4.35. The van der Waals surface area contributed by atoms with Gasteiger partial charge in [-0.15, -0.1) is 0 Å².